The van der Waals surface area contributed by atoms with E-state index in [2.05, 4.69) is 10.6 Å². The summed E-state index contributed by atoms with van der Waals surface area (Å²) < 4.78 is 26.8. The molecule has 0 heterocycles. The van der Waals surface area contributed by atoms with E-state index in [9.17, 15) is 13.6 Å². The maximum atomic E-state index is 13.8. The predicted octanol–water partition coefficient (Wildman–Crippen LogP) is 3.67. The smallest absolute Gasteiger partial charge is 0.236 e. The fourth-order valence-electron chi connectivity index (χ4n) is 2.76. The average Bonchev–Trinajstić information content (AvgIpc) is 2.56. The molecule has 0 aliphatic rings. The molecule has 1 amide bonds. The van der Waals surface area contributed by atoms with E-state index in [1.807, 2.05) is 31.2 Å². The molecule has 0 radical (unpaired) electrons. The van der Waals surface area contributed by atoms with Crippen molar-refractivity contribution in [3.8, 4) is 0 Å². The van der Waals surface area contributed by atoms with Crippen LogP contribution in [0.5, 0.6) is 0 Å². The monoisotopic (exact) mass is 346 g/mol. The van der Waals surface area contributed by atoms with Gasteiger partial charge < -0.3 is 5.32 Å². The Morgan fingerprint density at radius 3 is 2.52 bits per heavy atom. The van der Waals surface area contributed by atoms with E-state index in [-0.39, 0.29) is 5.91 Å². The van der Waals surface area contributed by atoms with E-state index in [1.54, 1.807) is 13.8 Å². The molecule has 0 spiro atoms. The lowest BCUT2D eigenvalue weighted by Gasteiger charge is -2.20. The summed E-state index contributed by atoms with van der Waals surface area (Å²) in [5.74, 6) is -1.38. The fourth-order valence-corrected chi connectivity index (χ4v) is 2.76. The zero-order valence-corrected chi connectivity index (χ0v) is 14.8. The highest BCUT2D eigenvalue weighted by Gasteiger charge is 2.18. The quantitative estimate of drug-likeness (QED) is 0.803. The Bertz CT molecular complexity index is 733. The first-order valence-corrected chi connectivity index (χ1v) is 8.41. The van der Waals surface area contributed by atoms with Gasteiger partial charge in [0.2, 0.25) is 5.91 Å². The van der Waals surface area contributed by atoms with Gasteiger partial charge >= 0.3 is 0 Å². The molecule has 3 nitrogen and oxygen atoms in total. The Morgan fingerprint density at radius 1 is 1.12 bits per heavy atom. The van der Waals surface area contributed by atoms with Crippen LogP contribution < -0.4 is 10.6 Å². The van der Waals surface area contributed by atoms with Gasteiger partial charge in [-0.25, -0.2) is 8.78 Å². The first kappa shape index (κ1) is 19.1. The number of carbonyl (C=O) groups is 1. The molecule has 0 bridgehead atoms. The summed E-state index contributed by atoms with van der Waals surface area (Å²) in [6.07, 6.45) is 0.757. The standard InChI is InChI=1S/C20H24F2N2O/c1-13-6-4-5-7-16(13)10-11-23-20(25)15(3)24-14(2)18-9-8-17(21)12-19(18)22/h4-9,12,14-15,24H,10-11H2,1-3H3,(H,23,25). The van der Waals surface area contributed by atoms with Crippen molar-refractivity contribution in [2.24, 2.45) is 0 Å². The first-order valence-electron chi connectivity index (χ1n) is 8.41. The van der Waals surface area contributed by atoms with E-state index in [0.29, 0.717) is 12.1 Å². The van der Waals surface area contributed by atoms with Crippen molar-refractivity contribution in [1.82, 2.24) is 10.6 Å². The van der Waals surface area contributed by atoms with E-state index in [4.69, 9.17) is 0 Å². The van der Waals surface area contributed by atoms with Crippen molar-refractivity contribution in [2.75, 3.05) is 6.54 Å². The van der Waals surface area contributed by atoms with Gasteiger partial charge in [0.05, 0.1) is 6.04 Å². The highest BCUT2D eigenvalue weighted by molar-refractivity contribution is 5.81. The number of carbonyl (C=O) groups excluding carboxylic acids is 1. The van der Waals surface area contributed by atoms with Crippen molar-refractivity contribution in [3.63, 3.8) is 0 Å². The second kappa shape index (κ2) is 8.72. The van der Waals surface area contributed by atoms with Gasteiger partial charge in [0, 0.05) is 24.2 Å². The molecule has 0 aliphatic heterocycles. The maximum Gasteiger partial charge on any atom is 0.236 e. The second-order valence-corrected chi connectivity index (χ2v) is 6.24. The van der Waals surface area contributed by atoms with Gasteiger partial charge in [-0.3, -0.25) is 10.1 Å². The van der Waals surface area contributed by atoms with Crippen molar-refractivity contribution in [2.45, 2.75) is 39.3 Å². The number of benzene rings is 2. The molecule has 0 saturated heterocycles. The summed E-state index contributed by atoms with van der Waals surface area (Å²) in [6, 6.07) is 10.6. The first-order chi connectivity index (χ1) is 11.9. The number of aryl methyl sites for hydroxylation is 1. The van der Waals surface area contributed by atoms with Gasteiger partial charge in [0.1, 0.15) is 11.6 Å². The number of halogens is 2. The van der Waals surface area contributed by atoms with Crippen molar-refractivity contribution in [3.05, 3.63) is 70.8 Å². The molecule has 2 unspecified atom stereocenters. The molecule has 2 rings (SSSR count). The third-order valence-corrected chi connectivity index (χ3v) is 4.28. The van der Waals surface area contributed by atoms with Gasteiger partial charge in [0.25, 0.3) is 0 Å². The average molecular weight is 346 g/mol. The minimum Gasteiger partial charge on any atom is -0.354 e. The third-order valence-electron chi connectivity index (χ3n) is 4.28. The summed E-state index contributed by atoms with van der Waals surface area (Å²) in [4.78, 5) is 12.2. The lowest BCUT2D eigenvalue weighted by molar-refractivity contribution is -0.122. The maximum absolute atomic E-state index is 13.8. The molecular weight excluding hydrogens is 322 g/mol. The van der Waals surface area contributed by atoms with Crippen LogP contribution >= 0.6 is 0 Å². The van der Waals surface area contributed by atoms with Gasteiger partial charge in [-0.2, -0.15) is 0 Å². The largest absolute Gasteiger partial charge is 0.354 e. The number of nitrogens with one attached hydrogen (secondary N) is 2. The molecule has 0 fully saturated rings. The van der Waals surface area contributed by atoms with E-state index in [0.717, 1.165) is 12.5 Å². The number of rotatable bonds is 7. The predicted molar refractivity (Wildman–Crippen MR) is 95.3 cm³/mol. The van der Waals surface area contributed by atoms with Crippen LogP contribution in [-0.4, -0.2) is 18.5 Å². The topological polar surface area (TPSA) is 41.1 Å². The normalized spacial score (nSPS) is 13.3. The molecule has 2 atom stereocenters. The number of amides is 1. The third kappa shape index (κ3) is 5.36. The molecule has 0 saturated carbocycles. The number of hydrogen-bond donors (Lipinski definition) is 2. The van der Waals surface area contributed by atoms with Crippen LogP contribution in [0.15, 0.2) is 42.5 Å². The molecule has 0 aromatic heterocycles. The zero-order valence-electron chi connectivity index (χ0n) is 14.8. The highest BCUT2D eigenvalue weighted by Crippen LogP contribution is 2.18. The lowest BCUT2D eigenvalue weighted by atomic mass is 10.1. The van der Waals surface area contributed by atoms with E-state index >= 15 is 0 Å². The van der Waals surface area contributed by atoms with Crippen LogP contribution in [0.4, 0.5) is 8.78 Å². The van der Waals surface area contributed by atoms with Crippen LogP contribution in [0.1, 0.15) is 36.6 Å². The van der Waals surface area contributed by atoms with Crippen LogP contribution in [0, 0.1) is 18.6 Å². The number of hydrogen-bond acceptors (Lipinski definition) is 2. The van der Waals surface area contributed by atoms with Crippen molar-refractivity contribution >= 4 is 5.91 Å². The van der Waals surface area contributed by atoms with Crippen LogP contribution in [0.3, 0.4) is 0 Å². The molecule has 2 aromatic carbocycles. The Balaban J connectivity index is 1.84. The SMILES string of the molecule is Cc1ccccc1CCNC(=O)C(C)NC(C)c1ccc(F)cc1F. The molecular formula is C20H24F2N2O. The molecule has 134 valence electrons. The molecule has 2 aromatic rings. The van der Waals surface area contributed by atoms with Crippen molar-refractivity contribution in [1.29, 1.82) is 0 Å². The Morgan fingerprint density at radius 2 is 1.84 bits per heavy atom. The molecule has 0 aliphatic carbocycles. The summed E-state index contributed by atoms with van der Waals surface area (Å²) in [7, 11) is 0. The molecule has 25 heavy (non-hydrogen) atoms. The summed E-state index contributed by atoms with van der Waals surface area (Å²) >= 11 is 0. The van der Waals surface area contributed by atoms with E-state index < -0.39 is 23.7 Å². The summed E-state index contributed by atoms with van der Waals surface area (Å²) in [5.41, 5.74) is 2.73. The fraction of sp³-hybridized carbons (Fsp3) is 0.350. The molecule has 5 heteroatoms. The van der Waals surface area contributed by atoms with Crippen LogP contribution in [0.2, 0.25) is 0 Å². The Kier molecular flexibility index (Phi) is 6.65. The Labute approximate surface area is 147 Å². The second-order valence-electron chi connectivity index (χ2n) is 6.24. The van der Waals surface area contributed by atoms with Gasteiger partial charge in [-0.1, -0.05) is 30.3 Å². The van der Waals surface area contributed by atoms with Gasteiger partial charge in [-0.05, 0) is 44.4 Å². The van der Waals surface area contributed by atoms with Crippen molar-refractivity contribution < 1.29 is 13.6 Å². The minimum atomic E-state index is -0.618. The molecule has 2 N–H and O–H groups in total. The van der Waals surface area contributed by atoms with Crippen LogP contribution in [-0.2, 0) is 11.2 Å². The lowest BCUT2D eigenvalue weighted by Crippen LogP contribution is -2.43. The van der Waals surface area contributed by atoms with Crippen LogP contribution in [0.25, 0.3) is 0 Å². The Hall–Kier alpha value is -2.27. The summed E-state index contributed by atoms with van der Waals surface area (Å²) in [5, 5.41) is 5.93. The van der Waals surface area contributed by atoms with Gasteiger partial charge in [-0.15, -0.1) is 0 Å². The van der Waals surface area contributed by atoms with Gasteiger partial charge in [0.15, 0.2) is 0 Å². The highest BCUT2D eigenvalue weighted by atomic mass is 19.1. The minimum absolute atomic E-state index is 0.150. The summed E-state index contributed by atoms with van der Waals surface area (Å²) in [6.45, 7) is 6.05. The van der Waals surface area contributed by atoms with E-state index in [1.165, 1.54) is 23.3 Å². The zero-order chi connectivity index (χ0) is 18.4.